The van der Waals surface area contributed by atoms with Gasteiger partial charge in [0.2, 0.25) is 0 Å². The first-order valence-electron chi connectivity index (χ1n) is 6.61. The summed E-state index contributed by atoms with van der Waals surface area (Å²) in [4.78, 5) is 33.9. The Morgan fingerprint density at radius 3 is 2.55 bits per heavy atom. The van der Waals surface area contributed by atoms with Crippen LogP contribution in [0.25, 0.3) is 0 Å². The minimum absolute atomic E-state index is 0.0995. The molecule has 106 valence electrons. The zero-order valence-corrected chi connectivity index (χ0v) is 11.0. The Balaban J connectivity index is 1.61. The van der Waals surface area contributed by atoms with Crippen molar-refractivity contribution in [1.29, 1.82) is 0 Å². The third-order valence-corrected chi connectivity index (χ3v) is 3.10. The quantitative estimate of drug-likeness (QED) is 0.530. The second-order valence-electron chi connectivity index (χ2n) is 4.63. The molecule has 1 heterocycles. The molecule has 0 bridgehead atoms. The van der Waals surface area contributed by atoms with Gasteiger partial charge in [0.05, 0.1) is 0 Å². The predicted molar refractivity (Wildman–Crippen MR) is 73.1 cm³/mol. The molecule has 0 radical (unpaired) electrons. The molecule has 0 spiro atoms. The molecule has 6 heteroatoms. The van der Waals surface area contributed by atoms with Crippen LogP contribution in [0, 0.1) is 0 Å². The lowest BCUT2D eigenvalue weighted by atomic mass is 10.1. The summed E-state index contributed by atoms with van der Waals surface area (Å²) in [6.07, 6.45) is 2.10. The largest absolute Gasteiger partial charge is 0.352 e. The van der Waals surface area contributed by atoms with E-state index in [2.05, 4.69) is 16.0 Å². The molecule has 1 fully saturated rings. The van der Waals surface area contributed by atoms with E-state index in [0.717, 1.165) is 12.8 Å². The average molecular weight is 275 g/mol. The van der Waals surface area contributed by atoms with Crippen LogP contribution in [-0.4, -0.2) is 30.4 Å². The summed E-state index contributed by atoms with van der Waals surface area (Å²) < 4.78 is 0. The maximum atomic E-state index is 11.7. The van der Waals surface area contributed by atoms with E-state index in [1.807, 2.05) is 18.2 Å². The lowest BCUT2D eigenvalue weighted by Gasteiger charge is -2.07. The molecule has 1 aliphatic heterocycles. The highest BCUT2D eigenvalue weighted by atomic mass is 16.2. The number of amides is 4. The van der Waals surface area contributed by atoms with Gasteiger partial charge in [-0.25, -0.2) is 4.79 Å². The van der Waals surface area contributed by atoms with E-state index in [1.54, 1.807) is 12.1 Å². The molecule has 1 aromatic carbocycles. The number of rotatable bonds is 6. The third-order valence-electron chi connectivity index (χ3n) is 3.10. The molecule has 20 heavy (non-hydrogen) atoms. The second kappa shape index (κ2) is 6.70. The Hall–Kier alpha value is -2.37. The lowest BCUT2D eigenvalue weighted by molar-refractivity contribution is -0.120. The Kier molecular flexibility index (Phi) is 4.70. The SMILES string of the molecule is O=C1NC(=O)C(CCCCNC(=O)c2ccccc2)N1. The molecule has 1 saturated heterocycles. The van der Waals surface area contributed by atoms with Crippen LogP contribution in [0.1, 0.15) is 29.6 Å². The summed E-state index contributed by atoms with van der Waals surface area (Å²) in [5.41, 5.74) is 0.634. The normalized spacial score (nSPS) is 17.5. The fourth-order valence-electron chi connectivity index (χ4n) is 2.03. The Morgan fingerprint density at radius 1 is 1.15 bits per heavy atom. The van der Waals surface area contributed by atoms with E-state index >= 15 is 0 Å². The van der Waals surface area contributed by atoms with Crippen molar-refractivity contribution >= 4 is 17.8 Å². The van der Waals surface area contributed by atoms with Gasteiger partial charge in [-0.15, -0.1) is 0 Å². The Bertz CT molecular complexity index is 502. The molecular weight excluding hydrogens is 258 g/mol. The number of imide groups is 1. The molecule has 4 amide bonds. The maximum absolute atomic E-state index is 11.7. The third kappa shape index (κ3) is 3.81. The summed E-state index contributed by atoms with van der Waals surface area (Å²) in [5.74, 6) is -0.374. The number of carbonyl (C=O) groups excluding carboxylic acids is 3. The predicted octanol–water partition coefficient (Wildman–Crippen LogP) is 0.795. The number of hydrogen-bond donors (Lipinski definition) is 3. The molecule has 6 nitrogen and oxygen atoms in total. The fraction of sp³-hybridized carbons (Fsp3) is 0.357. The summed E-state index contributed by atoms with van der Waals surface area (Å²) in [7, 11) is 0. The molecule has 2 rings (SSSR count). The van der Waals surface area contributed by atoms with Crippen molar-refractivity contribution in [3.8, 4) is 0 Å². The first kappa shape index (κ1) is 14.0. The van der Waals surface area contributed by atoms with Crippen LogP contribution in [0.5, 0.6) is 0 Å². The van der Waals surface area contributed by atoms with Gasteiger partial charge in [0, 0.05) is 12.1 Å². The molecular formula is C14H17N3O3. The fourth-order valence-corrected chi connectivity index (χ4v) is 2.03. The number of benzene rings is 1. The summed E-state index contributed by atoms with van der Waals surface area (Å²) in [6.45, 7) is 0.552. The van der Waals surface area contributed by atoms with Gasteiger partial charge in [0.15, 0.2) is 0 Å². The van der Waals surface area contributed by atoms with E-state index in [0.29, 0.717) is 18.5 Å². The second-order valence-corrected chi connectivity index (χ2v) is 4.63. The maximum Gasteiger partial charge on any atom is 0.322 e. The van der Waals surface area contributed by atoms with E-state index in [1.165, 1.54) is 0 Å². The minimum atomic E-state index is -0.438. The molecule has 1 unspecified atom stereocenters. The Labute approximate surface area is 116 Å². The van der Waals surface area contributed by atoms with Crippen molar-refractivity contribution in [2.24, 2.45) is 0 Å². The molecule has 0 aliphatic carbocycles. The smallest absolute Gasteiger partial charge is 0.322 e. The number of unbranched alkanes of at least 4 members (excludes halogenated alkanes) is 1. The van der Waals surface area contributed by atoms with Crippen LogP contribution in [0.3, 0.4) is 0 Å². The van der Waals surface area contributed by atoms with Gasteiger partial charge in [0.25, 0.3) is 11.8 Å². The van der Waals surface area contributed by atoms with E-state index in [4.69, 9.17) is 0 Å². The number of nitrogens with one attached hydrogen (secondary N) is 3. The highest BCUT2D eigenvalue weighted by molar-refractivity contribution is 6.04. The van der Waals surface area contributed by atoms with E-state index in [9.17, 15) is 14.4 Å². The highest BCUT2D eigenvalue weighted by Gasteiger charge is 2.28. The average Bonchev–Trinajstić information content (AvgIpc) is 2.77. The highest BCUT2D eigenvalue weighted by Crippen LogP contribution is 2.05. The molecule has 3 N–H and O–H groups in total. The van der Waals surface area contributed by atoms with Crippen molar-refractivity contribution in [3.05, 3.63) is 35.9 Å². The van der Waals surface area contributed by atoms with Gasteiger partial charge in [0.1, 0.15) is 6.04 Å². The first-order chi connectivity index (χ1) is 9.66. The topological polar surface area (TPSA) is 87.3 Å². The zero-order valence-electron chi connectivity index (χ0n) is 11.0. The van der Waals surface area contributed by atoms with Crippen molar-refractivity contribution in [1.82, 2.24) is 16.0 Å². The summed E-state index contributed by atoms with van der Waals surface area (Å²) >= 11 is 0. The Morgan fingerprint density at radius 2 is 1.90 bits per heavy atom. The van der Waals surface area contributed by atoms with Gasteiger partial charge in [-0.1, -0.05) is 18.2 Å². The molecule has 0 aromatic heterocycles. The van der Waals surface area contributed by atoms with Gasteiger partial charge in [-0.3, -0.25) is 14.9 Å². The standard InChI is InChI=1S/C14H17N3O3/c18-12(10-6-2-1-3-7-10)15-9-5-4-8-11-13(19)17-14(20)16-11/h1-3,6-7,11H,4-5,8-9H2,(H,15,18)(H2,16,17,19,20). The number of urea groups is 1. The van der Waals surface area contributed by atoms with E-state index < -0.39 is 12.1 Å². The number of carbonyl (C=O) groups is 3. The van der Waals surface area contributed by atoms with Crippen LogP contribution in [0.15, 0.2) is 30.3 Å². The first-order valence-corrected chi connectivity index (χ1v) is 6.61. The van der Waals surface area contributed by atoms with Crippen LogP contribution < -0.4 is 16.0 Å². The zero-order chi connectivity index (χ0) is 14.4. The van der Waals surface area contributed by atoms with Crippen molar-refractivity contribution < 1.29 is 14.4 Å². The minimum Gasteiger partial charge on any atom is -0.352 e. The van der Waals surface area contributed by atoms with E-state index in [-0.39, 0.29) is 11.8 Å². The molecule has 0 saturated carbocycles. The molecule has 1 aliphatic rings. The van der Waals surface area contributed by atoms with Crippen LogP contribution in [-0.2, 0) is 4.79 Å². The van der Waals surface area contributed by atoms with Crippen molar-refractivity contribution in [2.75, 3.05) is 6.54 Å². The number of hydrogen-bond acceptors (Lipinski definition) is 3. The van der Waals surface area contributed by atoms with Gasteiger partial charge in [-0.05, 0) is 31.4 Å². The van der Waals surface area contributed by atoms with Crippen LogP contribution in [0.2, 0.25) is 0 Å². The van der Waals surface area contributed by atoms with Crippen molar-refractivity contribution in [2.45, 2.75) is 25.3 Å². The summed E-state index contributed by atoms with van der Waals surface area (Å²) in [5, 5.41) is 7.55. The molecule has 1 aromatic rings. The van der Waals surface area contributed by atoms with Crippen LogP contribution >= 0.6 is 0 Å². The van der Waals surface area contributed by atoms with Gasteiger partial charge >= 0.3 is 6.03 Å². The monoisotopic (exact) mass is 275 g/mol. The summed E-state index contributed by atoms with van der Waals surface area (Å²) in [6, 6.07) is 8.14. The van der Waals surface area contributed by atoms with Crippen LogP contribution in [0.4, 0.5) is 4.79 Å². The van der Waals surface area contributed by atoms with Gasteiger partial charge in [-0.2, -0.15) is 0 Å². The van der Waals surface area contributed by atoms with Crippen molar-refractivity contribution in [3.63, 3.8) is 0 Å². The lowest BCUT2D eigenvalue weighted by Crippen LogP contribution is -2.29. The van der Waals surface area contributed by atoms with Gasteiger partial charge < -0.3 is 10.6 Å². The molecule has 1 atom stereocenters.